The van der Waals surface area contributed by atoms with Crippen molar-refractivity contribution in [2.24, 2.45) is 0 Å². The number of hydrogen-bond acceptors (Lipinski definition) is 2. The minimum Gasteiger partial charge on any atom is -0.443 e. The van der Waals surface area contributed by atoms with Gasteiger partial charge in [-0.15, -0.1) is 0 Å². The predicted molar refractivity (Wildman–Crippen MR) is 127 cm³/mol. The minimum absolute atomic E-state index is 0.358. The Balaban J connectivity index is 1.90. The Morgan fingerprint density at radius 3 is 1.91 bits per heavy atom. The van der Waals surface area contributed by atoms with Crippen LogP contribution in [0, 0.1) is 0 Å². The first-order valence-corrected chi connectivity index (χ1v) is 11.1. The highest BCUT2D eigenvalue weighted by Gasteiger charge is 2.40. The van der Waals surface area contributed by atoms with Crippen LogP contribution < -0.4 is 0 Å². The highest BCUT2D eigenvalue weighted by molar-refractivity contribution is 5.99. The molecule has 1 heterocycles. The Bertz CT molecular complexity index is 1180. The minimum atomic E-state index is -4.44. The molecule has 1 atom stereocenters. The zero-order chi connectivity index (χ0) is 24.5. The molecule has 0 saturated carbocycles. The van der Waals surface area contributed by atoms with Crippen molar-refractivity contribution in [1.29, 1.82) is 0 Å². The van der Waals surface area contributed by atoms with E-state index in [0.29, 0.717) is 17.7 Å². The van der Waals surface area contributed by atoms with E-state index in [1.807, 2.05) is 60.7 Å². The van der Waals surface area contributed by atoms with Gasteiger partial charge in [-0.05, 0) is 55.2 Å². The molecule has 0 aliphatic carbocycles. The molecule has 0 radical (unpaired) electrons. The van der Waals surface area contributed by atoms with Crippen molar-refractivity contribution in [2.45, 2.75) is 45.0 Å². The smallest absolute Gasteiger partial charge is 0.416 e. The average Bonchev–Trinajstić information content (AvgIpc) is 3.20. The number of nitrogens with zero attached hydrogens (tertiary/aromatic N) is 1. The monoisotopic (exact) mass is 465 g/mol. The Labute approximate surface area is 197 Å². The number of rotatable bonds is 3. The second-order valence-corrected chi connectivity index (χ2v) is 9.25. The van der Waals surface area contributed by atoms with Crippen molar-refractivity contribution in [3.8, 4) is 0 Å². The maximum Gasteiger partial charge on any atom is 0.416 e. The van der Waals surface area contributed by atoms with E-state index in [1.54, 1.807) is 25.7 Å². The molecule has 0 aromatic heterocycles. The third-order valence-corrected chi connectivity index (χ3v) is 5.62. The summed E-state index contributed by atoms with van der Waals surface area (Å²) in [6.45, 7) is 5.37. The van der Waals surface area contributed by atoms with Crippen LogP contribution in [-0.4, -0.2) is 16.6 Å². The van der Waals surface area contributed by atoms with Gasteiger partial charge in [0.05, 0.1) is 17.3 Å². The van der Waals surface area contributed by atoms with Gasteiger partial charge < -0.3 is 4.74 Å². The van der Waals surface area contributed by atoms with Crippen LogP contribution in [0.2, 0.25) is 0 Å². The van der Waals surface area contributed by atoms with Gasteiger partial charge in [-0.1, -0.05) is 72.8 Å². The van der Waals surface area contributed by atoms with Crippen LogP contribution in [0.4, 0.5) is 18.0 Å². The fraction of sp³-hybridized carbons (Fsp3) is 0.250. The highest BCUT2D eigenvalue weighted by atomic mass is 19.4. The highest BCUT2D eigenvalue weighted by Crippen LogP contribution is 2.48. The van der Waals surface area contributed by atoms with Crippen molar-refractivity contribution < 1.29 is 22.7 Å². The molecule has 1 aliphatic rings. The molecule has 4 rings (SSSR count). The number of carbonyl (C=O) groups excluding carboxylic acids is 1. The summed E-state index contributed by atoms with van der Waals surface area (Å²) in [5.74, 6) is 0. The van der Waals surface area contributed by atoms with Gasteiger partial charge in [0.2, 0.25) is 0 Å². The second-order valence-electron chi connectivity index (χ2n) is 9.25. The van der Waals surface area contributed by atoms with Crippen LogP contribution in [0.1, 0.15) is 55.5 Å². The topological polar surface area (TPSA) is 29.5 Å². The number of amides is 1. The summed E-state index contributed by atoms with van der Waals surface area (Å²) in [6.07, 6.45) is -4.48. The zero-order valence-corrected chi connectivity index (χ0v) is 19.3. The summed E-state index contributed by atoms with van der Waals surface area (Å²) in [4.78, 5) is 15.1. The van der Waals surface area contributed by atoms with Gasteiger partial charge in [0.25, 0.3) is 0 Å². The van der Waals surface area contributed by atoms with Crippen LogP contribution >= 0.6 is 0 Å². The van der Waals surface area contributed by atoms with Gasteiger partial charge in [0.1, 0.15) is 5.60 Å². The number of benzene rings is 3. The lowest BCUT2D eigenvalue weighted by Crippen LogP contribution is -2.36. The summed E-state index contributed by atoms with van der Waals surface area (Å²) in [5, 5.41) is 0. The Kier molecular flexibility index (Phi) is 6.26. The molecule has 176 valence electrons. The Morgan fingerprint density at radius 2 is 1.38 bits per heavy atom. The maximum absolute atomic E-state index is 13.5. The fourth-order valence-corrected chi connectivity index (χ4v) is 4.18. The van der Waals surface area contributed by atoms with Crippen LogP contribution in [0.5, 0.6) is 0 Å². The standard InChI is InChI=1S/C28H26F3NO2/c1-27(2,3)34-26(33)32-24(20-12-8-5-9-13-20)18-23(19-10-6-4-7-11-19)25(32)21-14-16-22(17-15-21)28(29,30)31/h4-17,24H,18H2,1-3H3/t24-/m0/s1. The second kappa shape index (κ2) is 9.01. The van der Waals surface area contributed by atoms with E-state index in [9.17, 15) is 18.0 Å². The lowest BCUT2D eigenvalue weighted by atomic mass is 9.96. The first-order chi connectivity index (χ1) is 16.0. The molecule has 3 aromatic carbocycles. The largest absolute Gasteiger partial charge is 0.443 e. The third-order valence-electron chi connectivity index (χ3n) is 5.62. The first kappa shape index (κ1) is 23.6. The van der Waals surface area contributed by atoms with E-state index >= 15 is 0 Å². The molecule has 0 fully saturated rings. The molecule has 0 N–H and O–H groups in total. The van der Waals surface area contributed by atoms with E-state index in [2.05, 4.69) is 0 Å². The predicted octanol–water partition coefficient (Wildman–Crippen LogP) is 7.96. The van der Waals surface area contributed by atoms with Crippen molar-refractivity contribution in [2.75, 3.05) is 0 Å². The average molecular weight is 466 g/mol. The van der Waals surface area contributed by atoms with Gasteiger partial charge in [0, 0.05) is 6.42 Å². The number of ether oxygens (including phenoxy) is 1. The molecule has 0 unspecified atom stereocenters. The summed E-state index contributed by atoms with van der Waals surface area (Å²) in [5.41, 5.74) is 2.31. The van der Waals surface area contributed by atoms with Gasteiger partial charge in [-0.3, -0.25) is 4.90 Å². The van der Waals surface area contributed by atoms with Crippen molar-refractivity contribution in [3.63, 3.8) is 0 Å². The third kappa shape index (κ3) is 5.01. The van der Waals surface area contributed by atoms with Crippen LogP contribution in [0.3, 0.4) is 0 Å². The SMILES string of the molecule is CC(C)(C)OC(=O)N1C(c2ccc(C(F)(F)F)cc2)=C(c2ccccc2)C[C@H]1c1ccccc1. The van der Waals surface area contributed by atoms with Gasteiger partial charge in [-0.2, -0.15) is 13.2 Å². The zero-order valence-electron chi connectivity index (χ0n) is 19.3. The molecule has 3 nitrogen and oxygen atoms in total. The Hall–Kier alpha value is -3.54. The van der Waals surface area contributed by atoms with E-state index in [1.165, 1.54) is 12.1 Å². The van der Waals surface area contributed by atoms with E-state index < -0.39 is 23.4 Å². The van der Waals surface area contributed by atoms with E-state index in [-0.39, 0.29) is 6.04 Å². The number of hydrogen-bond donors (Lipinski definition) is 0. The van der Waals surface area contributed by atoms with Gasteiger partial charge in [-0.25, -0.2) is 4.79 Å². The van der Waals surface area contributed by atoms with Crippen LogP contribution in [0.15, 0.2) is 84.9 Å². The number of alkyl halides is 3. The van der Waals surface area contributed by atoms with Crippen molar-refractivity contribution in [1.82, 2.24) is 4.90 Å². The molecule has 34 heavy (non-hydrogen) atoms. The maximum atomic E-state index is 13.5. The summed E-state index contributed by atoms with van der Waals surface area (Å²) in [6, 6.07) is 23.8. The van der Waals surface area contributed by atoms with Gasteiger partial charge >= 0.3 is 12.3 Å². The Morgan fingerprint density at radius 1 is 0.824 bits per heavy atom. The molecule has 0 spiro atoms. The number of carbonyl (C=O) groups is 1. The molecule has 0 bridgehead atoms. The van der Waals surface area contributed by atoms with E-state index in [0.717, 1.165) is 28.8 Å². The molecule has 6 heteroatoms. The quantitative estimate of drug-likeness (QED) is 0.393. The number of halogens is 3. The first-order valence-electron chi connectivity index (χ1n) is 11.1. The molecule has 1 aliphatic heterocycles. The van der Waals surface area contributed by atoms with Gasteiger partial charge in [0.15, 0.2) is 0 Å². The lowest BCUT2D eigenvalue weighted by Gasteiger charge is -2.31. The summed E-state index contributed by atoms with van der Waals surface area (Å²) >= 11 is 0. The van der Waals surface area contributed by atoms with Crippen LogP contribution in [-0.2, 0) is 10.9 Å². The summed E-state index contributed by atoms with van der Waals surface area (Å²) in [7, 11) is 0. The molecular weight excluding hydrogens is 439 g/mol. The normalized spacial score (nSPS) is 16.6. The van der Waals surface area contributed by atoms with Crippen LogP contribution in [0.25, 0.3) is 11.3 Å². The summed E-state index contributed by atoms with van der Waals surface area (Å²) < 4.78 is 45.4. The molecule has 0 saturated heterocycles. The van der Waals surface area contributed by atoms with Crippen molar-refractivity contribution in [3.05, 3.63) is 107 Å². The molecular formula is C28H26F3NO2. The molecule has 1 amide bonds. The van der Waals surface area contributed by atoms with Crippen molar-refractivity contribution >= 4 is 17.4 Å². The molecule has 3 aromatic rings. The fourth-order valence-electron chi connectivity index (χ4n) is 4.18. The van der Waals surface area contributed by atoms with E-state index in [4.69, 9.17) is 4.74 Å². The lowest BCUT2D eigenvalue weighted by molar-refractivity contribution is -0.137.